The molecular weight excluding hydrogens is 546 g/mol. The molecule has 1 aromatic rings. The fourth-order valence-corrected chi connectivity index (χ4v) is 7.55. The van der Waals surface area contributed by atoms with Gasteiger partial charge >= 0.3 is 0 Å². The molecule has 0 aliphatic carbocycles. The van der Waals surface area contributed by atoms with Crippen LogP contribution in [-0.4, -0.2) is 88.3 Å². The monoisotopic (exact) mass is 595 g/mol. The fourth-order valence-electron chi connectivity index (χ4n) is 7.55. The van der Waals surface area contributed by atoms with Crippen molar-refractivity contribution in [3.05, 3.63) is 49.6 Å². The van der Waals surface area contributed by atoms with Crippen LogP contribution in [0, 0.1) is 17.8 Å². The summed E-state index contributed by atoms with van der Waals surface area (Å²) in [7, 11) is 0. The van der Waals surface area contributed by atoms with Crippen LogP contribution in [0.5, 0.6) is 5.75 Å². The number of hydrogen-bond donors (Lipinski definition) is 1. The number of aliphatic hydroxyl groups is 1. The Morgan fingerprint density at radius 1 is 1.12 bits per heavy atom. The van der Waals surface area contributed by atoms with E-state index in [4.69, 9.17) is 9.47 Å². The first kappa shape index (κ1) is 32.7. The Kier molecular flexibility index (Phi) is 9.76. The molecule has 3 heterocycles. The van der Waals surface area contributed by atoms with Gasteiger partial charge in [-0.3, -0.25) is 14.4 Å². The normalized spacial score (nSPS) is 28.9. The number of fused-ring (bicyclic) bond motifs is 1. The van der Waals surface area contributed by atoms with E-state index in [2.05, 4.69) is 13.2 Å². The smallest absolute Gasteiger partial charge is 0.248 e. The number of benzene rings is 1. The summed E-state index contributed by atoms with van der Waals surface area (Å²) in [6.45, 7) is 20.2. The molecule has 7 atom stereocenters. The topological polar surface area (TPSA) is 99.6 Å². The van der Waals surface area contributed by atoms with Crippen LogP contribution in [-0.2, 0) is 19.1 Å². The highest BCUT2D eigenvalue weighted by atomic mass is 16.5. The summed E-state index contributed by atoms with van der Waals surface area (Å²) < 4.78 is 12.5. The molecule has 9 heteroatoms. The fraction of sp³-hybridized carbons (Fsp3) is 0.618. The van der Waals surface area contributed by atoms with E-state index in [0.717, 1.165) is 0 Å². The lowest BCUT2D eigenvalue weighted by Gasteiger charge is -2.42. The molecule has 0 saturated carbocycles. The van der Waals surface area contributed by atoms with Gasteiger partial charge < -0.3 is 29.3 Å². The number of nitrogens with zero attached hydrogens (tertiary/aromatic N) is 3. The molecule has 3 fully saturated rings. The molecule has 0 radical (unpaired) electrons. The number of anilines is 1. The predicted molar refractivity (Wildman–Crippen MR) is 167 cm³/mol. The second kappa shape index (κ2) is 12.8. The molecule has 3 amide bonds. The highest BCUT2D eigenvalue weighted by molar-refractivity contribution is 6.03. The summed E-state index contributed by atoms with van der Waals surface area (Å²) >= 11 is 0. The summed E-state index contributed by atoms with van der Waals surface area (Å²) in [5.74, 6) is -1.83. The molecule has 0 aromatic heterocycles. The van der Waals surface area contributed by atoms with Crippen LogP contribution >= 0.6 is 0 Å². The van der Waals surface area contributed by atoms with E-state index in [1.54, 1.807) is 26.9 Å². The zero-order valence-electron chi connectivity index (χ0n) is 26.6. The van der Waals surface area contributed by atoms with E-state index < -0.39 is 35.1 Å². The van der Waals surface area contributed by atoms with E-state index >= 15 is 0 Å². The van der Waals surface area contributed by atoms with Crippen LogP contribution in [0.15, 0.2) is 49.6 Å². The Bertz CT molecular complexity index is 1220. The largest absolute Gasteiger partial charge is 0.494 e. The average molecular weight is 596 g/mol. The maximum Gasteiger partial charge on any atom is 0.248 e. The Hall–Kier alpha value is -3.17. The lowest BCUT2D eigenvalue weighted by molar-refractivity contribution is -0.157. The maximum atomic E-state index is 14.7. The van der Waals surface area contributed by atoms with Crippen LogP contribution in [0.3, 0.4) is 0 Å². The van der Waals surface area contributed by atoms with Gasteiger partial charge in [-0.1, -0.05) is 32.4 Å². The molecule has 2 unspecified atom stereocenters. The molecule has 3 aliphatic rings. The predicted octanol–water partition coefficient (Wildman–Crippen LogP) is 4.20. The molecule has 2 bridgehead atoms. The minimum absolute atomic E-state index is 0.0746. The number of ether oxygens (including phenoxy) is 2. The second-order valence-electron chi connectivity index (χ2n) is 12.6. The van der Waals surface area contributed by atoms with Crippen molar-refractivity contribution in [3.8, 4) is 5.75 Å². The minimum atomic E-state index is -1.18. The van der Waals surface area contributed by atoms with E-state index in [9.17, 15) is 19.5 Å². The first-order valence-electron chi connectivity index (χ1n) is 15.7. The van der Waals surface area contributed by atoms with E-state index in [-0.39, 0.29) is 42.8 Å². The van der Waals surface area contributed by atoms with Crippen molar-refractivity contribution in [1.29, 1.82) is 0 Å². The van der Waals surface area contributed by atoms with Gasteiger partial charge in [0.15, 0.2) is 0 Å². The summed E-state index contributed by atoms with van der Waals surface area (Å²) in [6, 6.07) is 5.59. The van der Waals surface area contributed by atoms with Crippen molar-refractivity contribution in [2.24, 2.45) is 17.8 Å². The van der Waals surface area contributed by atoms with Gasteiger partial charge in [0.05, 0.1) is 36.7 Å². The molecule has 43 heavy (non-hydrogen) atoms. The number of rotatable bonds is 14. The Balaban J connectivity index is 1.83. The molecule has 1 N–H and O–H groups in total. The molecule has 236 valence electrons. The van der Waals surface area contributed by atoms with Crippen molar-refractivity contribution in [3.63, 3.8) is 0 Å². The van der Waals surface area contributed by atoms with Gasteiger partial charge in [0.1, 0.15) is 17.4 Å². The van der Waals surface area contributed by atoms with Crippen LogP contribution in [0.2, 0.25) is 0 Å². The highest BCUT2D eigenvalue weighted by Gasteiger charge is 2.79. The molecule has 3 saturated heterocycles. The van der Waals surface area contributed by atoms with E-state index in [0.29, 0.717) is 43.9 Å². The zero-order chi connectivity index (χ0) is 31.7. The van der Waals surface area contributed by atoms with Gasteiger partial charge in [0.25, 0.3) is 0 Å². The second-order valence-corrected chi connectivity index (χ2v) is 12.6. The first-order chi connectivity index (χ1) is 20.5. The third kappa shape index (κ3) is 5.39. The molecule has 3 aliphatic heterocycles. The lowest BCUT2D eigenvalue weighted by atomic mass is 9.66. The SMILES string of the molecule is C=CCN(C(=O)[C@@H]1[C@H]2C(=O)N([C@@H](CO)[C@@H](C)CC)C(C(=O)N(CC=C)C(C)C)C23CC[C@@]1(C)O3)c1ccc(OCC)cc1. The van der Waals surface area contributed by atoms with Gasteiger partial charge in [-0.15, -0.1) is 13.2 Å². The van der Waals surface area contributed by atoms with Crippen molar-refractivity contribution in [2.75, 3.05) is 31.2 Å². The number of aliphatic hydroxyl groups excluding tert-OH is 1. The Labute approximate surface area is 256 Å². The number of carbonyl (C=O) groups is 3. The minimum Gasteiger partial charge on any atom is -0.494 e. The Morgan fingerprint density at radius 2 is 1.77 bits per heavy atom. The van der Waals surface area contributed by atoms with Crippen LogP contribution in [0.25, 0.3) is 0 Å². The number of likely N-dealkylation sites (tertiary alicyclic amines) is 1. The maximum absolute atomic E-state index is 14.7. The molecule has 1 spiro atoms. The van der Waals surface area contributed by atoms with Crippen molar-refractivity contribution >= 4 is 23.4 Å². The van der Waals surface area contributed by atoms with Gasteiger partial charge in [0.2, 0.25) is 17.7 Å². The number of hydrogen-bond acceptors (Lipinski definition) is 6. The first-order valence-corrected chi connectivity index (χ1v) is 15.7. The number of carbonyl (C=O) groups excluding carboxylic acids is 3. The van der Waals surface area contributed by atoms with Crippen LogP contribution in [0.1, 0.15) is 60.8 Å². The summed E-state index contributed by atoms with van der Waals surface area (Å²) in [5, 5.41) is 10.6. The quantitative estimate of drug-likeness (QED) is 0.324. The van der Waals surface area contributed by atoms with Gasteiger partial charge in [-0.05, 0) is 70.7 Å². The third-order valence-electron chi connectivity index (χ3n) is 9.83. The van der Waals surface area contributed by atoms with Crippen molar-refractivity contribution in [2.45, 2.75) is 90.1 Å². The van der Waals surface area contributed by atoms with Gasteiger partial charge in [0, 0.05) is 24.8 Å². The van der Waals surface area contributed by atoms with Gasteiger partial charge in [-0.2, -0.15) is 0 Å². The number of amides is 3. The summed E-state index contributed by atoms with van der Waals surface area (Å²) in [4.78, 5) is 48.7. The van der Waals surface area contributed by atoms with Crippen LogP contribution < -0.4 is 9.64 Å². The van der Waals surface area contributed by atoms with E-state index in [1.807, 2.05) is 65.8 Å². The highest BCUT2D eigenvalue weighted by Crippen LogP contribution is 2.64. The molecular formula is C34H49N3O6. The average Bonchev–Trinajstić information content (AvgIpc) is 3.55. The van der Waals surface area contributed by atoms with Gasteiger partial charge in [-0.25, -0.2) is 0 Å². The third-order valence-corrected chi connectivity index (χ3v) is 9.83. The molecule has 9 nitrogen and oxygen atoms in total. The molecule has 4 rings (SSSR count). The van der Waals surface area contributed by atoms with Crippen molar-refractivity contribution < 1.29 is 29.0 Å². The van der Waals surface area contributed by atoms with Crippen molar-refractivity contribution in [1.82, 2.24) is 9.80 Å². The van der Waals surface area contributed by atoms with Crippen LogP contribution in [0.4, 0.5) is 5.69 Å². The molecule has 1 aromatic carbocycles. The Morgan fingerprint density at radius 3 is 2.30 bits per heavy atom. The summed E-state index contributed by atoms with van der Waals surface area (Å²) in [5.41, 5.74) is -1.45. The zero-order valence-corrected chi connectivity index (χ0v) is 26.6. The standard InChI is InChI=1S/C34H49N3O6/c1-9-19-35(22(5)6)32(41)29-34-18-17-33(8,43-34)27(28(34)31(40)37(29)26(21-38)23(7)11-3)30(39)36(20-10-2)24-13-15-25(16-14-24)42-12-4/h9-10,13-16,22-23,26-29,38H,1-2,11-12,17-21H2,3-8H3/t23-,26-,27-,28-,29?,33+,34?/m0/s1. The lowest BCUT2D eigenvalue weighted by Crippen LogP contribution is -2.60. The van der Waals surface area contributed by atoms with E-state index in [1.165, 1.54) is 0 Å². The summed E-state index contributed by atoms with van der Waals surface area (Å²) in [6.07, 6.45) is 5.05.